The van der Waals surface area contributed by atoms with Gasteiger partial charge in [0, 0.05) is 13.6 Å². The quantitative estimate of drug-likeness (QED) is 0.789. The van der Waals surface area contributed by atoms with Crippen LogP contribution in [0.15, 0.2) is 6.33 Å². The van der Waals surface area contributed by atoms with Gasteiger partial charge in [-0.15, -0.1) is 11.3 Å². The van der Waals surface area contributed by atoms with Gasteiger partial charge in [-0.2, -0.15) is 5.26 Å². The maximum absolute atomic E-state index is 12.0. The number of rotatable bonds is 5. The summed E-state index contributed by atoms with van der Waals surface area (Å²) in [6.45, 7) is 6.42. The number of carbonyl (C=O) groups excluding carboxylic acids is 1. The molecule has 0 aromatic carbocycles. The SMILES string of the molecule is CCOC(=O)c1sc2ncnc(N(C)C[C@@H](C)C#N)c2c1C. The van der Waals surface area contributed by atoms with Crippen LogP contribution in [0.1, 0.15) is 29.1 Å². The molecule has 0 bridgehead atoms. The van der Waals surface area contributed by atoms with Crippen molar-refractivity contribution in [3.05, 3.63) is 16.8 Å². The Morgan fingerprint density at radius 1 is 1.55 bits per heavy atom. The summed E-state index contributed by atoms with van der Waals surface area (Å²) in [5.41, 5.74) is 0.825. The van der Waals surface area contributed by atoms with Crippen LogP contribution in [0.5, 0.6) is 0 Å². The summed E-state index contributed by atoms with van der Waals surface area (Å²) in [7, 11) is 1.89. The highest BCUT2D eigenvalue weighted by atomic mass is 32.1. The molecular formula is C15H18N4O2S. The summed E-state index contributed by atoms with van der Waals surface area (Å²) < 4.78 is 5.09. The molecule has 2 rings (SSSR count). The summed E-state index contributed by atoms with van der Waals surface area (Å²) in [6.07, 6.45) is 1.48. The van der Waals surface area contributed by atoms with Gasteiger partial charge >= 0.3 is 5.97 Å². The molecule has 6 nitrogen and oxygen atoms in total. The molecule has 0 radical (unpaired) electrons. The molecule has 1 atom stereocenters. The Morgan fingerprint density at radius 3 is 2.91 bits per heavy atom. The Bertz CT molecular complexity index is 735. The number of nitriles is 1. The molecule has 2 aromatic rings. The smallest absolute Gasteiger partial charge is 0.348 e. The molecule has 0 spiro atoms. The van der Waals surface area contributed by atoms with Gasteiger partial charge in [0.05, 0.1) is 24.0 Å². The van der Waals surface area contributed by atoms with Gasteiger partial charge in [-0.3, -0.25) is 0 Å². The zero-order valence-corrected chi connectivity index (χ0v) is 13.9. The monoisotopic (exact) mass is 318 g/mol. The number of anilines is 1. The summed E-state index contributed by atoms with van der Waals surface area (Å²) in [5, 5.41) is 9.82. The van der Waals surface area contributed by atoms with Gasteiger partial charge in [0.25, 0.3) is 0 Å². The standard InChI is InChI=1S/C15H18N4O2S/c1-5-21-15(20)12-10(3)11-13(17-8-18-14(11)22-12)19(4)7-9(2)6-16/h8-9H,5,7H2,1-4H3/t9-/m0/s1. The van der Waals surface area contributed by atoms with Crippen LogP contribution in [0.3, 0.4) is 0 Å². The van der Waals surface area contributed by atoms with E-state index in [1.54, 1.807) is 6.92 Å². The average Bonchev–Trinajstić information content (AvgIpc) is 2.84. The molecule has 0 aliphatic carbocycles. The van der Waals surface area contributed by atoms with Crippen LogP contribution in [0.2, 0.25) is 0 Å². The molecule has 116 valence electrons. The number of carbonyl (C=O) groups is 1. The van der Waals surface area contributed by atoms with E-state index in [0.29, 0.717) is 18.0 Å². The van der Waals surface area contributed by atoms with E-state index in [0.717, 1.165) is 21.6 Å². The van der Waals surface area contributed by atoms with Crippen LogP contribution in [-0.2, 0) is 4.74 Å². The van der Waals surface area contributed by atoms with Crippen molar-refractivity contribution in [2.45, 2.75) is 20.8 Å². The Morgan fingerprint density at radius 2 is 2.27 bits per heavy atom. The third-order valence-corrected chi connectivity index (χ3v) is 4.48. The van der Waals surface area contributed by atoms with Gasteiger partial charge in [0.2, 0.25) is 0 Å². The van der Waals surface area contributed by atoms with Gasteiger partial charge in [0.1, 0.15) is 21.9 Å². The third-order valence-electron chi connectivity index (χ3n) is 3.30. The molecule has 2 aromatic heterocycles. The Labute approximate surface area is 133 Å². The fraction of sp³-hybridized carbons (Fsp3) is 0.467. The number of aromatic nitrogens is 2. The average molecular weight is 318 g/mol. The zero-order chi connectivity index (χ0) is 16.3. The van der Waals surface area contributed by atoms with E-state index >= 15 is 0 Å². The number of hydrogen-bond donors (Lipinski definition) is 0. The van der Waals surface area contributed by atoms with Gasteiger partial charge in [-0.1, -0.05) is 0 Å². The van der Waals surface area contributed by atoms with Crippen LogP contribution in [-0.4, -0.2) is 36.1 Å². The molecule has 22 heavy (non-hydrogen) atoms. The molecule has 0 aliphatic heterocycles. The molecule has 0 saturated heterocycles. The molecule has 0 amide bonds. The summed E-state index contributed by atoms with van der Waals surface area (Å²) in [5.74, 6) is 0.289. The number of nitrogens with zero attached hydrogens (tertiary/aromatic N) is 4. The Kier molecular flexibility index (Phi) is 4.93. The maximum Gasteiger partial charge on any atom is 0.348 e. The van der Waals surface area contributed by atoms with Crippen LogP contribution in [0, 0.1) is 24.2 Å². The largest absolute Gasteiger partial charge is 0.462 e. The van der Waals surface area contributed by atoms with Crippen molar-refractivity contribution in [1.29, 1.82) is 5.26 Å². The van der Waals surface area contributed by atoms with E-state index in [-0.39, 0.29) is 11.9 Å². The van der Waals surface area contributed by atoms with Crippen molar-refractivity contribution >= 4 is 33.3 Å². The zero-order valence-electron chi connectivity index (χ0n) is 13.1. The second-order valence-electron chi connectivity index (χ2n) is 5.06. The molecule has 0 saturated carbocycles. The minimum Gasteiger partial charge on any atom is -0.462 e. The highest BCUT2D eigenvalue weighted by Gasteiger charge is 2.21. The van der Waals surface area contributed by atoms with Gasteiger partial charge < -0.3 is 9.64 Å². The fourth-order valence-electron chi connectivity index (χ4n) is 2.27. The first-order valence-corrected chi connectivity index (χ1v) is 7.83. The van der Waals surface area contributed by atoms with Crippen molar-refractivity contribution in [3.63, 3.8) is 0 Å². The van der Waals surface area contributed by atoms with Crippen molar-refractivity contribution in [3.8, 4) is 6.07 Å². The topological polar surface area (TPSA) is 79.1 Å². The molecule has 0 fully saturated rings. The van der Waals surface area contributed by atoms with Crippen molar-refractivity contribution < 1.29 is 9.53 Å². The first kappa shape index (κ1) is 16.2. The van der Waals surface area contributed by atoms with E-state index in [2.05, 4.69) is 16.0 Å². The van der Waals surface area contributed by atoms with E-state index in [1.165, 1.54) is 17.7 Å². The predicted molar refractivity (Wildman–Crippen MR) is 86.2 cm³/mol. The lowest BCUT2D eigenvalue weighted by Gasteiger charge is -2.20. The van der Waals surface area contributed by atoms with Crippen LogP contribution >= 0.6 is 11.3 Å². The lowest BCUT2D eigenvalue weighted by Crippen LogP contribution is -2.24. The van der Waals surface area contributed by atoms with E-state index in [9.17, 15) is 4.79 Å². The van der Waals surface area contributed by atoms with E-state index in [4.69, 9.17) is 10.00 Å². The first-order chi connectivity index (χ1) is 10.5. The molecule has 2 heterocycles. The Hall–Kier alpha value is -2.20. The second-order valence-corrected chi connectivity index (χ2v) is 6.06. The van der Waals surface area contributed by atoms with Gasteiger partial charge in [0.15, 0.2) is 0 Å². The number of thiophene rings is 1. The minimum absolute atomic E-state index is 0.113. The van der Waals surface area contributed by atoms with Crippen molar-refractivity contribution in [1.82, 2.24) is 9.97 Å². The third kappa shape index (κ3) is 3.02. The van der Waals surface area contributed by atoms with Crippen LogP contribution in [0.4, 0.5) is 5.82 Å². The second kappa shape index (κ2) is 6.71. The number of esters is 1. The van der Waals surface area contributed by atoms with Crippen molar-refractivity contribution in [2.24, 2.45) is 5.92 Å². The molecule has 0 N–H and O–H groups in total. The fourth-order valence-corrected chi connectivity index (χ4v) is 3.31. The van der Waals surface area contributed by atoms with Crippen molar-refractivity contribution in [2.75, 3.05) is 25.1 Å². The Balaban J connectivity index is 2.49. The van der Waals surface area contributed by atoms with Gasteiger partial charge in [-0.25, -0.2) is 14.8 Å². The number of aryl methyl sites for hydroxylation is 1. The number of hydrogen-bond acceptors (Lipinski definition) is 7. The predicted octanol–water partition coefficient (Wildman–Crippen LogP) is 2.77. The van der Waals surface area contributed by atoms with E-state index < -0.39 is 0 Å². The lowest BCUT2D eigenvalue weighted by atomic mass is 10.1. The van der Waals surface area contributed by atoms with Crippen LogP contribution < -0.4 is 4.90 Å². The summed E-state index contributed by atoms with van der Waals surface area (Å²) >= 11 is 1.31. The highest BCUT2D eigenvalue weighted by Crippen LogP contribution is 2.35. The highest BCUT2D eigenvalue weighted by molar-refractivity contribution is 7.20. The molecular weight excluding hydrogens is 300 g/mol. The summed E-state index contributed by atoms with van der Waals surface area (Å²) in [6, 6.07) is 2.21. The summed E-state index contributed by atoms with van der Waals surface area (Å²) in [4.78, 5) is 23.8. The number of fused-ring (bicyclic) bond motifs is 1. The normalized spacial score (nSPS) is 12.0. The maximum atomic E-state index is 12.0. The molecule has 0 unspecified atom stereocenters. The minimum atomic E-state index is -0.331. The lowest BCUT2D eigenvalue weighted by molar-refractivity contribution is 0.0531. The van der Waals surface area contributed by atoms with Gasteiger partial charge in [-0.05, 0) is 26.3 Å². The number of ether oxygens (including phenoxy) is 1. The van der Waals surface area contributed by atoms with Crippen LogP contribution in [0.25, 0.3) is 10.2 Å². The van der Waals surface area contributed by atoms with E-state index in [1.807, 2.05) is 25.8 Å². The first-order valence-electron chi connectivity index (χ1n) is 7.01. The molecule has 0 aliphatic rings. The molecule has 7 heteroatoms.